The van der Waals surface area contributed by atoms with E-state index in [4.69, 9.17) is 23.2 Å². The highest BCUT2D eigenvalue weighted by Crippen LogP contribution is 2.29. The van der Waals surface area contributed by atoms with Crippen molar-refractivity contribution in [3.05, 3.63) is 41.0 Å². The van der Waals surface area contributed by atoms with E-state index in [2.05, 4.69) is 10.3 Å². The fraction of sp³-hybridized carbons (Fsp3) is 0.375. The molecule has 2 rings (SSSR count). The molecule has 27 heavy (non-hydrogen) atoms. The summed E-state index contributed by atoms with van der Waals surface area (Å²) in [4.78, 5) is 15.0. The molecule has 6 nitrogen and oxygen atoms in total. The molecule has 148 valence electrons. The Morgan fingerprint density at radius 2 is 1.96 bits per heavy atom. The van der Waals surface area contributed by atoms with Crippen LogP contribution in [-0.2, 0) is 20.4 Å². The Labute approximate surface area is 170 Å². The molecule has 0 radical (unpaired) electrons. The molecule has 1 heterocycles. The second-order valence-electron chi connectivity index (χ2n) is 5.83. The quantitative estimate of drug-likeness (QED) is 0.597. The second kappa shape index (κ2) is 9.29. The first-order valence-electron chi connectivity index (χ1n) is 7.66. The third kappa shape index (κ3) is 6.39. The fourth-order valence-corrected chi connectivity index (χ4v) is 4.50. The van der Waals surface area contributed by atoms with E-state index in [1.165, 1.54) is 11.3 Å². The standard InChI is InChI=1S/C16H17Cl2FN2O4S2/c1-27(24,25)8-13-20-7-12(26-13)9-2-4-10(5-3-9)14(22)11(6-19)21-16(23)15(17)18/h2-5,7,11,14-15,22H,6,8H2,1H3,(H,21,23)/t11-,14-/m1/s1. The van der Waals surface area contributed by atoms with E-state index in [9.17, 15) is 22.7 Å². The molecule has 0 spiro atoms. The minimum atomic E-state index is -3.17. The predicted molar refractivity (Wildman–Crippen MR) is 104 cm³/mol. The first kappa shape index (κ1) is 22.0. The van der Waals surface area contributed by atoms with Crippen molar-refractivity contribution >= 4 is 50.3 Å². The summed E-state index contributed by atoms with van der Waals surface area (Å²) >= 11 is 12.1. The van der Waals surface area contributed by atoms with E-state index in [-0.39, 0.29) is 5.75 Å². The highest BCUT2D eigenvalue weighted by Gasteiger charge is 2.25. The van der Waals surface area contributed by atoms with Gasteiger partial charge in [0.15, 0.2) is 14.7 Å². The van der Waals surface area contributed by atoms with Gasteiger partial charge >= 0.3 is 0 Å². The number of rotatable bonds is 8. The van der Waals surface area contributed by atoms with Crippen LogP contribution < -0.4 is 5.32 Å². The summed E-state index contributed by atoms with van der Waals surface area (Å²) in [6.07, 6.45) is 1.42. The van der Waals surface area contributed by atoms with Crippen molar-refractivity contribution in [1.82, 2.24) is 10.3 Å². The molecular weight excluding hydrogens is 438 g/mol. The molecule has 0 aliphatic heterocycles. The number of nitrogens with zero attached hydrogens (tertiary/aromatic N) is 1. The van der Waals surface area contributed by atoms with Gasteiger partial charge in [-0.25, -0.2) is 17.8 Å². The number of hydrogen-bond acceptors (Lipinski definition) is 6. The molecule has 1 amide bonds. The molecule has 0 saturated heterocycles. The average molecular weight is 455 g/mol. The molecule has 0 unspecified atom stereocenters. The van der Waals surface area contributed by atoms with Crippen LogP contribution in [-0.4, -0.2) is 48.2 Å². The summed E-state index contributed by atoms with van der Waals surface area (Å²) in [6, 6.07) is 5.37. The summed E-state index contributed by atoms with van der Waals surface area (Å²) in [5.74, 6) is -0.922. The Morgan fingerprint density at radius 1 is 1.33 bits per heavy atom. The van der Waals surface area contributed by atoms with E-state index in [1.54, 1.807) is 30.5 Å². The first-order valence-corrected chi connectivity index (χ1v) is 11.4. The van der Waals surface area contributed by atoms with Gasteiger partial charge in [0, 0.05) is 12.5 Å². The third-order valence-electron chi connectivity index (χ3n) is 3.55. The zero-order valence-corrected chi connectivity index (χ0v) is 17.2. The smallest absolute Gasteiger partial charge is 0.253 e. The van der Waals surface area contributed by atoms with E-state index < -0.39 is 39.4 Å². The van der Waals surface area contributed by atoms with E-state index >= 15 is 0 Å². The summed E-state index contributed by atoms with van der Waals surface area (Å²) in [7, 11) is -3.17. The Bertz CT molecular complexity index is 888. The van der Waals surface area contributed by atoms with Gasteiger partial charge < -0.3 is 10.4 Å². The normalized spacial score (nSPS) is 14.1. The molecule has 0 aliphatic rings. The van der Waals surface area contributed by atoms with Crippen LogP contribution in [0.2, 0.25) is 0 Å². The van der Waals surface area contributed by atoms with Crippen LogP contribution in [0.4, 0.5) is 4.39 Å². The van der Waals surface area contributed by atoms with Crippen LogP contribution in [0.25, 0.3) is 10.4 Å². The Balaban J connectivity index is 2.13. The van der Waals surface area contributed by atoms with E-state index in [0.717, 1.165) is 16.7 Å². The largest absolute Gasteiger partial charge is 0.386 e. The first-order chi connectivity index (χ1) is 12.6. The molecule has 1 aromatic heterocycles. The molecule has 2 atom stereocenters. The molecule has 2 N–H and O–H groups in total. The SMILES string of the molecule is CS(=O)(=O)Cc1ncc(-c2ccc([C@@H](O)[C@@H](CF)NC(=O)C(Cl)Cl)cc2)s1. The monoisotopic (exact) mass is 454 g/mol. The zero-order valence-electron chi connectivity index (χ0n) is 14.1. The predicted octanol–water partition coefficient (Wildman–Crippen LogP) is 2.65. The lowest BCUT2D eigenvalue weighted by Crippen LogP contribution is -2.43. The molecule has 0 fully saturated rings. The van der Waals surface area contributed by atoms with Gasteiger partial charge in [0.1, 0.15) is 23.5 Å². The third-order valence-corrected chi connectivity index (χ3v) is 5.97. The number of aliphatic hydroxyl groups is 1. The van der Waals surface area contributed by atoms with Crippen LogP contribution >= 0.6 is 34.5 Å². The van der Waals surface area contributed by atoms with Crippen molar-refractivity contribution in [2.45, 2.75) is 22.7 Å². The van der Waals surface area contributed by atoms with Gasteiger partial charge in [-0.05, 0) is 11.1 Å². The molecule has 0 aliphatic carbocycles. The highest BCUT2D eigenvalue weighted by atomic mass is 35.5. The summed E-state index contributed by atoms with van der Waals surface area (Å²) in [5.41, 5.74) is 1.16. The van der Waals surface area contributed by atoms with Gasteiger partial charge in [0.05, 0.1) is 10.9 Å². The van der Waals surface area contributed by atoms with Crippen molar-refractivity contribution in [2.24, 2.45) is 0 Å². The lowest BCUT2D eigenvalue weighted by Gasteiger charge is -2.22. The molecular formula is C16H17Cl2FN2O4S2. The highest BCUT2D eigenvalue weighted by molar-refractivity contribution is 7.90. The average Bonchev–Trinajstić information content (AvgIpc) is 3.05. The van der Waals surface area contributed by atoms with Gasteiger partial charge in [-0.1, -0.05) is 47.5 Å². The van der Waals surface area contributed by atoms with Crippen LogP contribution in [0.5, 0.6) is 0 Å². The van der Waals surface area contributed by atoms with E-state index in [1.807, 2.05) is 0 Å². The Kier molecular flexibility index (Phi) is 7.58. The zero-order chi connectivity index (χ0) is 20.2. The summed E-state index contributed by atoms with van der Waals surface area (Å²) < 4.78 is 35.9. The Hall–Kier alpha value is -1.26. The number of carbonyl (C=O) groups excluding carboxylic acids is 1. The lowest BCUT2D eigenvalue weighted by atomic mass is 10.0. The topological polar surface area (TPSA) is 96.4 Å². The molecule has 11 heteroatoms. The number of benzene rings is 1. The number of aliphatic hydroxyl groups excluding tert-OH is 1. The maximum Gasteiger partial charge on any atom is 0.253 e. The van der Waals surface area contributed by atoms with Gasteiger partial charge in [0.2, 0.25) is 0 Å². The molecule has 0 bridgehead atoms. The fourth-order valence-electron chi connectivity index (χ4n) is 2.26. The van der Waals surface area contributed by atoms with Crippen LogP contribution in [0, 0.1) is 0 Å². The number of thiazole rings is 1. The number of nitrogens with one attached hydrogen (secondary N) is 1. The number of aromatic nitrogens is 1. The number of sulfone groups is 1. The van der Waals surface area contributed by atoms with Gasteiger partial charge in [0.25, 0.3) is 5.91 Å². The number of hydrogen-bond donors (Lipinski definition) is 2. The van der Waals surface area contributed by atoms with Crippen molar-refractivity contribution in [3.63, 3.8) is 0 Å². The molecule has 0 saturated carbocycles. The van der Waals surface area contributed by atoms with Crippen molar-refractivity contribution in [1.29, 1.82) is 0 Å². The van der Waals surface area contributed by atoms with E-state index in [0.29, 0.717) is 10.6 Å². The van der Waals surface area contributed by atoms with Crippen LogP contribution in [0.15, 0.2) is 30.5 Å². The number of carbonyl (C=O) groups is 1. The molecule has 1 aromatic carbocycles. The second-order valence-corrected chi connectivity index (χ2v) is 10.2. The number of halogens is 3. The van der Waals surface area contributed by atoms with Gasteiger partial charge in [-0.15, -0.1) is 11.3 Å². The Morgan fingerprint density at radius 3 is 2.48 bits per heavy atom. The maximum absolute atomic E-state index is 13.2. The lowest BCUT2D eigenvalue weighted by molar-refractivity contribution is -0.121. The minimum absolute atomic E-state index is 0.130. The summed E-state index contributed by atoms with van der Waals surface area (Å²) in [6.45, 7) is -1.00. The van der Waals surface area contributed by atoms with Gasteiger partial charge in [-0.3, -0.25) is 4.79 Å². The maximum atomic E-state index is 13.2. The van der Waals surface area contributed by atoms with Crippen molar-refractivity contribution in [2.75, 3.05) is 12.9 Å². The summed E-state index contributed by atoms with van der Waals surface area (Å²) in [5, 5.41) is 13.0. The number of alkyl halides is 3. The molecule has 2 aromatic rings. The van der Waals surface area contributed by atoms with Crippen LogP contribution in [0.1, 0.15) is 16.7 Å². The number of amides is 1. The van der Waals surface area contributed by atoms with Gasteiger partial charge in [-0.2, -0.15) is 0 Å². The minimum Gasteiger partial charge on any atom is -0.386 e. The van der Waals surface area contributed by atoms with Crippen molar-refractivity contribution in [3.8, 4) is 10.4 Å². The van der Waals surface area contributed by atoms with Crippen LogP contribution in [0.3, 0.4) is 0 Å². The van der Waals surface area contributed by atoms with Crippen molar-refractivity contribution < 1.29 is 22.7 Å².